The van der Waals surface area contributed by atoms with Gasteiger partial charge in [0.05, 0.1) is 27.9 Å². The minimum absolute atomic E-state index is 0.0655. The predicted octanol–water partition coefficient (Wildman–Crippen LogP) is 1.76. The highest BCUT2D eigenvalue weighted by atomic mass is 35.5. The van der Waals surface area contributed by atoms with E-state index in [1.165, 1.54) is 0 Å². The number of halogens is 1. The fourth-order valence-corrected chi connectivity index (χ4v) is 4.77. The third-order valence-electron chi connectivity index (χ3n) is 3.59. The molecule has 0 aromatic heterocycles. The minimum Gasteiger partial charge on any atom is -0.382 e. The van der Waals surface area contributed by atoms with Gasteiger partial charge in [0.25, 0.3) is 0 Å². The van der Waals surface area contributed by atoms with Gasteiger partial charge >= 0.3 is 0 Å². The summed E-state index contributed by atoms with van der Waals surface area (Å²) < 4.78 is 23.2. The van der Waals surface area contributed by atoms with E-state index in [1.807, 2.05) is 18.2 Å². The van der Waals surface area contributed by atoms with Gasteiger partial charge in [-0.25, -0.2) is 8.42 Å². The second-order valence-electron chi connectivity index (χ2n) is 4.81. The number of para-hydroxylation sites is 1. The lowest BCUT2D eigenvalue weighted by molar-refractivity contribution is 0.599. The van der Waals surface area contributed by atoms with Gasteiger partial charge in [-0.1, -0.05) is 17.7 Å². The highest BCUT2D eigenvalue weighted by Gasteiger charge is 2.34. The van der Waals surface area contributed by atoms with Gasteiger partial charge < -0.3 is 10.2 Å². The first-order valence-corrected chi connectivity index (χ1v) is 8.26. The van der Waals surface area contributed by atoms with Gasteiger partial charge in [-0.05, 0) is 18.6 Å². The van der Waals surface area contributed by atoms with Crippen molar-refractivity contribution >= 4 is 32.8 Å². The number of nitrogens with zero attached hydrogens (tertiary/aromatic N) is 1. The van der Waals surface area contributed by atoms with E-state index >= 15 is 0 Å². The zero-order chi connectivity index (χ0) is 12.8. The van der Waals surface area contributed by atoms with Crippen LogP contribution < -0.4 is 10.2 Å². The summed E-state index contributed by atoms with van der Waals surface area (Å²) in [5.74, 6) is 0.541. The van der Waals surface area contributed by atoms with Gasteiger partial charge in [0.15, 0.2) is 9.84 Å². The smallest absolute Gasteiger partial charge is 0.152 e. The number of benzene rings is 1. The normalized spacial score (nSPS) is 25.6. The Morgan fingerprint density at radius 3 is 2.94 bits per heavy atom. The standard InChI is InChI=1S/C12H15ClN2O2S/c13-10-2-1-3-11-12(10)15(6-5-14-11)9-4-7-18(16,17)8-9/h1-3,9,14H,4-8H2. The summed E-state index contributed by atoms with van der Waals surface area (Å²) in [5, 5.41) is 3.99. The van der Waals surface area contributed by atoms with Crippen molar-refractivity contribution in [3.05, 3.63) is 23.2 Å². The SMILES string of the molecule is O=S1(=O)CCC(N2CCNc3cccc(Cl)c32)C1. The van der Waals surface area contributed by atoms with Crippen LogP contribution in [0.2, 0.25) is 5.02 Å². The fraction of sp³-hybridized carbons (Fsp3) is 0.500. The summed E-state index contributed by atoms with van der Waals surface area (Å²) in [6, 6.07) is 5.81. The molecule has 18 heavy (non-hydrogen) atoms. The lowest BCUT2D eigenvalue weighted by Gasteiger charge is -2.36. The van der Waals surface area contributed by atoms with E-state index in [0.29, 0.717) is 17.2 Å². The van der Waals surface area contributed by atoms with Gasteiger partial charge in [0, 0.05) is 19.1 Å². The van der Waals surface area contributed by atoms with Gasteiger partial charge in [-0.2, -0.15) is 0 Å². The Balaban J connectivity index is 1.97. The van der Waals surface area contributed by atoms with E-state index < -0.39 is 9.84 Å². The largest absolute Gasteiger partial charge is 0.382 e. The summed E-state index contributed by atoms with van der Waals surface area (Å²) in [5.41, 5.74) is 1.95. The molecule has 0 bridgehead atoms. The molecule has 2 heterocycles. The zero-order valence-corrected chi connectivity index (χ0v) is 11.5. The first-order chi connectivity index (χ1) is 8.57. The molecular formula is C12H15ClN2O2S. The van der Waals surface area contributed by atoms with Gasteiger partial charge in [-0.3, -0.25) is 0 Å². The average Bonchev–Trinajstić information content (AvgIpc) is 2.69. The molecule has 2 aliphatic heterocycles. The second kappa shape index (κ2) is 4.31. The van der Waals surface area contributed by atoms with Crippen molar-refractivity contribution < 1.29 is 8.42 Å². The predicted molar refractivity (Wildman–Crippen MR) is 74.3 cm³/mol. The molecule has 1 saturated heterocycles. The molecule has 1 aromatic rings. The summed E-state index contributed by atoms with van der Waals surface area (Å²) in [4.78, 5) is 2.15. The van der Waals surface area contributed by atoms with Crippen molar-refractivity contribution in [1.82, 2.24) is 0 Å². The van der Waals surface area contributed by atoms with Gasteiger partial charge in [-0.15, -0.1) is 0 Å². The second-order valence-corrected chi connectivity index (χ2v) is 7.45. The van der Waals surface area contributed by atoms with Crippen LogP contribution in [-0.2, 0) is 9.84 Å². The maximum Gasteiger partial charge on any atom is 0.152 e. The topological polar surface area (TPSA) is 49.4 Å². The van der Waals surface area contributed by atoms with Crippen molar-refractivity contribution in [3.8, 4) is 0 Å². The molecule has 1 fully saturated rings. The maximum atomic E-state index is 11.6. The van der Waals surface area contributed by atoms with Crippen LogP contribution in [0, 0.1) is 0 Å². The molecule has 0 saturated carbocycles. The third kappa shape index (κ3) is 2.06. The Morgan fingerprint density at radius 1 is 1.39 bits per heavy atom. The minimum atomic E-state index is -2.87. The van der Waals surface area contributed by atoms with Crippen LogP contribution in [0.4, 0.5) is 11.4 Å². The molecule has 98 valence electrons. The van der Waals surface area contributed by atoms with E-state index in [9.17, 15) is 8.42 Å². The molecule has 3 rings (SSSR count). The van der Waals surface area contributed by atoms with Gasteiger partial charge in [0.1, 0.15) is 0 Å². The Labute approximate surface area is 112 Å². The molecule has 1 N–H and O–H groups in total. The Morgan fingerprint density at radius 2 is 2.22 bits per heavy atom. The van der Waals surface area contributed by atoms with Crippen molar-refractivity contribution in [2.75, 3.05) is 34.8 Å². The van der Waals surface area contributed by atoms with Crippen molar-refractivity contribution in [2.24, 2.45) is 0 Å². The fourth-order valence-electron chi connectivity index (χ4n) is 2.76. The summed E-state index contributed by atoms with van der Waals surface area (Å²) in [6.07, 6.45) is 0.701. The van der Waals surface area contributed by atoms with Crippen LogP contribution in [0.15, 0.2) is 18.2 Å². The number of fused-ring (bicyclic) bond motifs is 1. The first kappa shape index (κ1) is 12.1. The number of sulfone groups is 1. The highest BCUT2D eigenvalue weighted by Crippen LogP contribution is 2.38. The lowest BCUT2D eigenvalue weighted by Crippen LogP contribution is -2.42. The molecule has 1 unspecified atom stereocenters. The Hall–Kier alpha value is -0.940. The van der Waals surface area contributed by atoms with Crippen LogP contribution in [0.1, 0.15) is 6.42 Å². The summed E-state index contributed by atoms with van der Waals surface area (Å²) in [6.45, 7) is 1.63. The molecule has 0 spiro atoms. The first-order valence-electron chi connectivity index (χ1n) is 6.06. The molecule has 0 amide bonds. The van der Waals surface area contributed by atoms with Crippen LogP contribution >= 0.6 is 11.6 Å². The Bertz CT molecular complexity index is 573. The van der Waals surface area contributed by atoms with Crippen LogP contribution in [0.25, 0.3) is 0 Å². The van der Waals surface area contributed by atoms with Gasteiger partial charge in [0.2, 0.25) is 0 Å². The lowest BCUT2D eigenvalue weighted by atomic mass is 10.1. The number of anilines is 2. The molecular weight excluding hydrogens is 272 g/mol. The van der Waals surface area contributed by atoms with E-state index in [-0.39, 0.29) is 11.8 Å². The van der Waals surface area contributed by atoms with E-state index in [2.05, 4.69) is 10.2 Å². The average molecular weight is 287 g/mol. The van der Waals surface area contributed by atoms with E-state index in [4.69, 9.17) is 11.6 Å². The number of nitrogens with one attached hydrogen (secondary N) is 1. The van der Waals surface area contributed by atoms with Crippen molar-refractivity contribution in [3.63, 3.8) is 0 Å². The monoisotopic (exact) mass is 286 g/mol. The van der Waals surface area contributed by atoms with E-state index in [0.717, 1.165) is 24.5 Å². The molecule has 0 radical (unpaired) electrons. The van der Waals surface area contributed by atoms with Crippen molar-refractivity contribution in [1.29, 1.82) is 0 Å². The molecule has 6 heteroatoms. The molecule has 4 nitrogen and oxygen atoms in total. The highest BCUT2D eigenvalue weighted by molar-refractivity contribution is 7.91. The van der Waals surface area contributed by atoms with Crippen LogP contribution in [0.5, 0.6) is 0 Å². The molecule has 1 aromatic carbocycles. The van der Waals surface area contributed by atoms with Crippen molar-refractivity contribution in [2.45, 2.75) is 12.5 Å². The Kier molecular flexibility index (Phi) is 2.90. The third-order valence-corrected chi connectivity index (χ3v) is 5.65. The molecule has 2 aliphatic rings. The zero-order valence-electron chi connectivity index (χ0n) is 9.89. The number of hydrogen-bond acceptors (Lipinski definition) is 4. The summed E-state index contributed by atoms with van der Waals surface area (Å²) >= 11 is 6.26. The van der Waals surface area contributed by atoms with Crippen LogP contribution in [0.3, 0.4) is 0 Å². The molecule has 0 aliphatic carbocycles. The summed E-state index contributed by atoms with van der Waals surface area (Å²) in [7, 11) is -2.87. The van der Waals surface area contributed by atoms with E-state index in [1.54, 1.807) is 0 Å². The number of rotatable bonds is 1. The quantitative estimate of drug-likeness (QED) is 0.855. The van der Waals surface area contributed by atoms with Crippen LogP contribution in [-0.4, -0.2) is 39.1 Å². The maximum absolute atomic E-state index is 11.6. The molecule has 1 atom stereocenters. The number of hydrogen-bond donors (Lipinski definition) is 1.